The number of fused-ring (bicyclic) bond motifs is 1. The molecule has 0 atom stereocenters. The Bertz CT molecular complexity index is 1130. The summed E-state index contributed by atoms with van der Waals surface area (Å²) >= 11 is 5.71. The number of nitrogens with one attached hydrogen (secondary N) is 2. The minimum Gasteiger partial charge on any atom is -0.342 e. The molecule has 0 saturated heterocycles. The van der Waals surface area contributed by atoms with Crippen molar-refractivity contribution in [1.82, 2.24) is 9.88 Å². The molecule has 30 heavy (non-hydrogen) atoms. The second-order valence-corrected chi connectivity index (χ2v) is 8.54. The van der Waals surface area contributed by atoms with Gasteiger partial charge in [-0.25, -0.2) is 4.39 Å². The fourth-order valence-corrected chi connectivity index (χ4v) is 4.47. The lowest BCUT2D eigenvalue weighted by molar-refractivity contribution is 0.311. The second kappa shape index (κ2) is 8.56. The van der Waals surface area contributed by atoms with Gasteiger partial charge in [0, 0.05) is 22.8 Å². The first-order chi connectivity index (χ1) is 14.4. The van der Waals surface area contributed by atoms with Gasteiger partial charge < -0.3 is 15.2 Å². The summed E-state index contributed by atoms with van der Waals surface area (Å²) in [5.74, 6) is -0.285. The fraction of sp³-hybridized carbons (Fsp3) is 0.333. The molecule has 0 aliphatic heterocycles. The largest absolute Gasteiger partial charge is 0.342 e. The zero-order chi connectivity index (χ0) is 21.3. The number of H-pyrrole nitrogens is 1. The Kier molecular flexibility index (Phi) is 5.86. The Balaban J connectivity index is 1.64. The summed E-state index contributed by atoms with van der Waals surface area (Å²) in [6.07, 6.45) is 4.42. The number of anilines is 1. The lowest BCUT2D eigenvalue weighted by atomic mass is 10.0. The van der Waals surface area contributed by atoms with E-state index < -0.39 is 0 Å². The van der Waals surface area contributed by atoms with Gasteiger partial charge in [0.05, 0.1) is 6.54 Å². The number of aromatic nitrogens is 1. The fourth-order valence-electron chi connectivity index (χ4n) is 4.13. The number of pyridine rings is 1. The zero-order valence-corrected chi connectivity index (χ0v) is 18.1. The maximum Gasteiger partial charge on any atom is 0.253 e. The van der Waals surface area contributed by atoms with Crippen molar-refractivity contribution in [1.29, 1.82) is 0 Å². The summed E-state index contributed by atoms with van der Waals surface area (Å²) in [5.41, 5.74) is 4.55. The van der Waals surface area contributed by atoms with Gasteiger partial charge in [0.2, 0.25) is 0 Å². The molecule has 2 aromatic carbocycles. The number of aryl methyl sites for hydroxylation is 2. The average molecular weight is 424 g/mol. The monoisotopic (exact) mass is 423 g/mol. The number of benzene rings is 2. The van der Waals surface area contributed by atoms with Gasteiger partial charge >= 0.3 is 0 Å². The number of nitrogens with zero attached hydrogens (tertiary/aromatic N) is 1. The van der Waals surface area contributed by atoms with Crippen LogP contribution in [-0.2, 0) is 6.54 Å². The molecule has 1 aliphatic rings. The highest BCUT2D eigenvalue weighted by molar-refractivity contribution is 7.80. The smallest absolute Gasteiger partial charge is 0.253 e. The third-order valence-electron chi connectivity index (χ3n) is 6.00. The van der Waals surface area contributed by atoms with E-state index in [1.165, 1.54) is 17.7 Å². The van der Waals surface area contributed by atoms with Crippen LogP contribution in [0.2, 0.25) is 0 Å². The van der Waals surface area contributed by atoms with Crippen molar-refractivity contribution in [2.45, 2.75) is 52.1 Å². The third-order valence-corrected chi connectivity index (χ3v) is 6.33. The summed E-state index contributed by atoms with van der Waals surface area (Å²) in [6.45, 7) is 4.56. The van der Waals surface area contributed by atoms with Crippen molar-refractivity contribution in [3.8, 4) is 0 Å². The van der Waals surface area contributed by atoms with Crippen LogP contribution in [0.15, 0.2) is 47.3 Å². The molecule has 1 aliphatic carbocycles. The number of hydrogen-bond acceptors (Lipinski definition) is 2. The van der Waals surface area contributed by atoms with E-state index in [1.807, 2.05) is 19.1 Å². The summed E-state index contributed by atoms with van der Waals surface area (Å²) in [6, 6.07) is 12.5. The van der Waals surface area contributed by atoms with Gasteiger partial charge in [0.1, 0.15) is 5.82 Å². The summed E-state index contributed by atoms with van der Waals surface area (Å²) in [7, 11) is 0. The standard InChI is InChI=1S/C24H26FN3OS/c1-15-11-17-13-18(23(29)27-22(17)12-16(15)2)14-28(21-5-3-4-6-21)24(30)26-20-9-7-19(25)8-10-20/h7-13,21H,3-6,14H2,1-2H3,(H,26,30)(H,27,29). The molecule has 156 valence electrons. The maximum atomic E-state index is 13.2. The van der Waals surface area contributed by atoms with Crippen LogP contribution < -0.4 is 10.9 Å². The highest BCUT2D eigenvalue weighted by Gasteiger charge is 2.26. The molecule has 0 unspecified atom stereocenters. The zero-order valence-electron chi connectivity index (χ0n) is 17.3. The summed E-state index contributed by atoms with van der Waals surface area (Å²) < 4.78 is 13.2. The maximum absolute atomic E-state index is 13.2. The molecule has 3 aromatic rings. The van der Waals surface area contributed by atoms with Crippen LogP contribution in [0.5, 0.6) is 0 Å². The Hall–Kier alpha value is -2.73. The average Bonchev–Trinajstić information content (AvgIpc) is 3.24. The summed E-state index contributed by atoms with van der Waals surface area (Å²) in [4.78, 5) is 18.0. The predicted octanol–water partition coefficient (Wildman–Crippen LogP) is 5.43. The SMILES string of the molecule is Cc1cc2cc(CN(C(=S)Nc3ccc(F)cc3)C3CCCC3)c(=O)[nH]c2cc1C. The van der Waals surface area contributed by atoms with Gasteiger partial charge in [0.25, 0.3) is 5.56 Å². The molecule has 0 amide bonds. The lowest BCUT2D eigenvalue weighted by Gasteiger charge is -2.31. The van der Waals surface area contributed by atoms with Crippen LogP contribution in [-0.4, -0.2) is 21.0 Å². The van der Waals surface area contributed by atoms with Crippen molar-refractivity contribution in [2.24, 2.45) is 0 Å². The van der Waals surface area contributed by atoms with E-state index in [0.29, 0.717) is 23.3 Å². The van der Waals surface area contributed by atoms with Crippen molar-refractivity contribution in [3.05, 3.63) is 75.3 Å². The molecule has 0 spiro atoms. The first-order valence-corrected chi connectivity index (χ1v) is 10.8. The Morgan fingerprint density at radius 1 is 1.13 bits per heavy atom. The van der Waals surface area contributed by atoms with Crippen molar-refractivity contribution >= 4 is 33.9 Å². The molecule has 1 saturated carbocycles. The Morgan fingerprint density at radius 2 is 1.80 bits per heavy atom. The number of halogens is 1. The predicted molar refractivity (Wildman–Crippen MR) is 124 cm³/mol. The normalized spacial score (nSPS) is 14.2. The molecule has 1 fully saturated rings. The van der Waals surface area contributed by atoms with E-state index in [4.69, 9.17) is 12.2 Å². The van der Waals surface area contributed by atoms with Crippen molar-refractivity contribution in [2.75, 3.05) is 5.32 Å². The Labute approximate surface area is 181 Å². The molecule has 1 aromatic heterocycles. The van der Waals surface area contributed by atoms with Crippen LogP contribution >= 0.6 is 12.2 Å². The van der Waals surface area contributed by atoms with Gasteiger partial charge in [0.15, 0.2) is 5.11 Å². The molecular formula is C24H26FN3OS. The molecule has 2 N–H and O–H groups in total. The first-order valence-electron chi connectivity index (χ1n) is 10.4. The second-order valence-electron chi connectivity index (χ2n) is 8.15. The summed E-state index contributed by atoms with van der Waals surface area (Å²) in [5, 5.41) is 4.81. The number of thiocarbonyl (C=S) groups is 1. The third kappa shape index (κ3) is 4.38. The molecular weight excluding hydrogens is 397 g/mol. The van der Waals surface area contributed by atoms with E-state index in [-0.39, 0.29) is 11.4 Å². The van der Waals surface area contributed by atoms with Crippen LogP contribution in [0.25, 0.3) is 10.9 Å². The van der Waals surface area contributed by atoms with Crippen LogP contribution in [0.4, 0.5) is 10.1 Å². The van der Waals surface area contributed by atoms with E-state index in [9.17, 15) is 9.18 Å². The van der Waals surface area contributed by atoms with E-state index >= 15 is 0 Å². The van der Waals surface area contributed by atoms with Crippen molar-refractivity contribution in [3.63, 3.8) is 0 Å². The lowest BCUT2D eigenvalue weighted by Crippen LogP contribution is -2.42. The van der Waals surface area contributed by atoms with Gasteiger partial charge in [-0.1, -0.05) is 12.8 Å². The number of hydrogen-bond donors (Lipinski definition) is 2. The molecule has 0 radical (unpaired) electrons. The van der Waals surface area contributed by atoms with Gasteiger partial charge in [-0.2, -0.15) is 0 Å². The number of aromatic amines is 1. The van der Waals surface area contributed by atoms with Crippen LogP contribution in [0.1, 0.15) is 42.4 Å². The highest BCUT2D eigenvalue weighted by Crippen LogP contribution is 2.26. The quantitative estimate of drug-likeness (QED) is 0.550. The minimum absolute atomic E-state index is 0.0849. The molecule has 4 nitrogen and oxygen atoms in total. The topological polar surface area (TPSA) is 48.1 Å². The molecule has 1 heterocycles. The highest BCUT2D eigenvalue weighted by atomic mass is 32.1. The van der Waals surface area contributed by atoms with Crippen LogP contribution in [0, 0.1) is 19.7 Å². The molecule has 0 bridgehead atoms. The van der Waals surface area contributed by atoms with E-state index in [2.05, 4.69) is 28.2 Å². The molecule has 6 heteroatoms. The molecule has 4 rings (SSSR count). The minimum atomic E-state index is -0.285. The first kappa shape index (κ1) is 20.5. The van der Waals surface area contributed by atoms with Gasteiger partial charge in [-0.05, 0) is 97.9 Å². The van der Waals surface area contributed by atoms with Crippen LogP contribution in [0.3, 0.4) is 0 Å². The van der Waals surface area contributed by atoms with Gasteiger partial charge in [-0.3, -0.25) is 4.79 Å². The van der Waals surface area contributed by atoms with E-state index in [1.54, 1.807) is 12.1 Å². The van der Waals surface area contributed by atoms with Crippen molar-refractivity contribution < 1.29 is 4.39 Å². The number of rotatable bonds is 4. The van der Waals surface area contributed by atoms with Gasteiger partial charge in [-0.15, -0.1) is 0 Å². The Morgan fingerprint density at radius 3 is 2.50 bits per heavy atom. The van der Waals surface area contributed by atoms with E-state index in [0.717, 1.165) is 47.8 Å².